The first-order valence-corrected chi connectivity index (χ1v) is 7.11. The first-order valence-electron chi connectivity index (χ1n) is 7.11. The minimum absolute atomic E-state index is 0.0103. The van der Waals surface area contributed by atoms with Gasteiger partial charge in [0.1, 0.15) is 0 Å². The fourth-order valence-corrected chi connectivity index (χ4v) is 1.90. The van der Waals surface area contributed by atoms with Gasteiger partial charge in [-0.2, -0.15) is 9.78 Å². The molecule has 1 amide bonds. The SMILES string of the molecule is CC[C@H](C)NC(=O)c1nn(-c2ccccc2)c(=O)cc1OC. The standard InChI is InChI=1S/C16H19N3O3/c1-4-11(2)17-16(21)15-13(22-3)10-14(20)19(18-15)12-8-6-5-7-9-12/h5-11H,4H2,1-3H3,(H,17,21)/t11-/m0/s1. The maximum Gasteiger partial charge on any atom is 0.275 e. The van der Waals surface area contributed by atoms with Crippen LogP contribution in [0.1, 0.15) is 30.8 Å². The molecule has 1 N–H and O–H groups in total. The molecule has 116 valence electrons. The fourth-order valence-electron chi connectivity index (χ4n) is 1.90. The van der Waals surface area contributed by atoms with Gasteiger partial charge < -0.3 is 10.1 Å². The molecule has 0 saturated carbocycles. The average Bonchev–Trinajstić information content (AvgIpc) is 2.54. The predicted octanol–water partition coefficient (Wildman–Crippen LogP) is 1.77. The first kappa shape index (κ1) is 15.8. The summed E-state index contributed by atoms with van der Waals surface area (Å²) in [7, 11) is 1.41. The van der Waals surface area contributed by atoms with Gasteiger partial charge in [-0.05, 0) is 25.5 Å². The van der Waals surface area contributed by atoms with Crippen LogP contribution in [0.15, 0.2) is 41.2 Å². The Morgan fingerprint density at radius 1 is 1.36 bits per heavy atom. The summed E-state index contributed by atoms with van der Waals surface area (Å²) in [4.78, 5) is 24.5. The van der Waals surface area contributed by atoms with Crippen LogP contribution >= 0.6 is 0 Å². The van der Waals surface area contributed by atoms with Crippen molar-refractivity contribution in [3.05, 3.63) is 52.4 Å². The van der Waals surface area contributed by atoms with Crippen molar-refractivity contribution >= 4 is 5.91 Å². The smallest absolute Gasteiger partial charge is 0.275 e. The Kier molecular flexibility index (Phi) is 4.93. The number of carbonyl (C=O) groups excluding carboxylic acids is 1. The highest BCUT2D eigenvalue weighted by atomic mass is 16.5. The molecule has 2 aromatic rings. The van der Waals surface area contributed by atoms with Crippen LogP contribution < -0.4 is 15.6 Å². The molecule has 22 heavy (non-hydrogen) atoms. The Hall–Kier alpha value is -2.63. The normalized spacial score (nSPS) is 11.8. The molecule has 0 radical (unpaired) electrons. The van der Waals surface area contributed by atoms with E-state index in [2.05, 4.69) is 10.4 Å². The summed E-state index contributed by atoms with van der Waals surface area (Å²) in [5.74, 6) is -0.200. The quantitative estimate of drug-likeness (QED) is 0.913. The molecule has 0 saturated heterocycles. The molecule has 0 aliphatic rings. The van der Waals surface area contributed by atoms with Crippen LogP contribution in [-0.2, 0) is 0 Å². The zero-order chi connectivity index (χ0) is 16.1. The average molecular weight is 301 g/mol. The van der Waals surface area contributed by atoms with Crippen LogP contribution in [-0.4, -0.2) is 28.8 Å². The molecule has 6 heteroatoms. The molecule has 2 rings (SSSR count). The van der Waals surface area contributed by atoms with Crippen LogP contribution in [0.4, 0.5) is 0 Å². The number of carbonyl (C=O) groups is 1. The van der Waals surface area contributed by atoms with E-state index in [1.165, 1.54) is 17.9 Å². The molecule has 1 atom stereocenters. The summed E-state index contributed by atoms with van der Waals surface area (Å²) in [6.07, 6.45) is 0.798. The molecule has 0 unspecified atom stereocenters. The maximum atomic E-state index is 12.3. The van der Waals surface area contributed by atoms with E-state index in [0.29, 0.717) is 5.69 Å². The number of hydrogen-bond donors (Lipinski definition) is 1. The van der Waals surface area contributed by atoms with Crippen LogP contribution in [0.25, 0.3) is 5.69 Å². The third kappa shape index (κ3) is 3.33. The predicted molar refractivity (Wildman–Crippen MR) is 83.6 cm³/mol. The van der Waals surface area contributed by atoms with Gasteiger partial charge in [0.05, 0.1) is 18.9 Å². The Morgan fingerprint density at radius 2 is 2.05 bits per heavy atom. The van der Waals surface area contributed by atoms with Crippen LogP contribution in [0, 0.1) is 0 Å². The van der Waals surface area contributed by atoms with E-state index in [1.807, 2.05) is 19.9 Å². The lowest BCUT2D eigenvalue weighted by Gasteiger charge is -2.14. The summed E-state index contributed by atoms with van der Waals surface area (Å²) in [5.41, 5.74) is 0.321. The third-order valence-corrected chi connectivity index (χ3v) is 3.32. The van der Waals surface area contributed by atoms with Gasteiger partial charge >= 0.3 is 0 Å². The number of hydrogen-bond acceptors (Lipinski definition) is 4. The zero-order valence-electron chi connectivity index (χ0n) is 12.9. The van der Waals surface area contributed by atoms with Crippen LogP contribution in [0.2, 0.25) is 0 Å². The van der Waals surface area contributed by atoms with E-state index in [-0.39, 0.29) is 29.0 Å². The van der Waals surface area contributed by atoms with Gasteiger partial charge in [0, 0.05) is 6.04 Å². The molecule has 1 aromatic carbocycles. The Labute approximate surface area is 128 Å². The van der Waals surface area contributed by atoms with E-state index in [1.54, 1.807) is 24.3 Å². The lowest BCUT2D eigenvalue weighted by molar-refractivity contribution is 0.0929. The van der Waals surface area contributed by atoms with Crippen molar-refractivity contribution < 1.29 is 9.53 Å². The molecular formula is C16H19N3O3. The fraction of sp³-hybridized carbons (Fsp3) is 0.312. The molecular weight excluding hydrogens is 282 g/mol. The number of aromatic nitrogens is 2. The lowest BCUT2D eigenvalue weighted by Crippen LogP contribution is -2.34. The van der Waals surface area contributed by atoms with Crippen molar-refractivity contribution in [3.8, 4) is 11.4 Å². The number of nitrogens with one attached hydrogen (secondary N) is 1. The highest BCUT2D eigenvalue weighted by Gasteiger charge is 2.19. The second kappa shape index (κ2) is 6.89. The van der Waals surface area contributed by atoms with Gasteiger partial charge in [-0.1, -0.05) is 25.1 Å². The summed E-state index contributed by atoms with van der Waals surface area (Å²) in [6, 6.07) is 10.2. The van der Waals surface area contributed by atoms with Gasteiger partial charge in [0.2, 0.25) is 0 Å². The van der Waals surface area contributed by atoms with Crippen molar-refractivity contribution in [3.63, 3.8) is 0 Å². The molecule has 1 heterocycles. The van der Waals surface area contributed by atoms with Crippen LogP contribution in [0.3, 0.4) is 0 Å². The van der Waals surface area contributed by atoms with E-state index in [9.17, 15) is 9.59 Å². The summed E-state index contributed by atoms with van der Waals surface area (Å²) in [6.45, 7) is 3.87. The minimum atomic E-state index is -0.365. The zero-order valence-corrected chi connectivity index (χ0v) is 12.9. The maximum absolute atomic E-state index is 12.3. The number of rotatable bonds is 5. The Morgan fingerprint density at radius 3 is 2.64 bits per heavy atom. The van der Waals surface area contributed by atoms with Crippen molar-refractivity contribution in [1.82, 2.24) is 15.1 Å². The van der Waals surface area contributed by atoms with Crippen LogP contribution in [0.5, 0.6) is 5.75 Å². The number of benzene rings is 1. The van der Waals surface area contributed by atoms with Gasteiger partial charge in [-0.3, -0.25) is 9.59 Å². The third-order valence-electron chi connectivity index (χ3n) is 3.32. The van der Waals surface area contributed by atoms with Gasteiger partial charge in [-0.25, -0.2) is 0 Å². The lowest BCUT2D eigenvalue weighted by atomic mass is 10.2. The number of methoxy groups -OCH3 is 1. The molecule has 0 bridgehead atoms. The Bertz CT molecular complexity index is 710. The largest absolute Gasteiger partial charge is 0.494 e. The summed E-state index contributed by atoms with van der Waals surface area (Å²) in [5, 5.41) is 6.99. The second-order valence-corrected chi connectivity index (χ2v) is 4.93. The first-order chi connectivity index (χ1) is 10.6. The highest BCUT2D eigenvalue weighted by Crippen LogP contribution is 2.14. The highest BCUT2D eigenvalue weighted by molar-refractivity contribution is 5.94. The van der Waals surface area contributed by atoms with E-state index < -0.39 is 0 Å². The monoisotopic (exact) mass is 301 g/mol. The van der Waals surface area contributed by atoms with Crippen molar-refractivity contribution in [2.45, 2.75) is 26.3 Å². The topological polar surface area (TPSA) is 73.2 Å². The van der Waals surface area contributed by atoms with Gasteiger partial charge in [0.25, 0.3) is 11.5 Å². The number of ether oxygens (including phenoxy) is 1. The van der Waals surface area contributed by atoms with E-state index in [0.717, 1.165) is 6.42 Å². The van der Waals surface area contributed by atoms with Crippen molar-refractivity contribution in [2.75, 3.05) is 7.11 Å². The van der Waals surface area contributed by atoms with Crippen molar-refractivity contribution in [2.24, 2.45) is 0 Å². The summed E-state index contributed by atoms with van der Waals surface area (Å²) < 4.78 is 6.31. The molecule has 0 aliphatic heterocycles. The van der Waals surface area contributed by atoms with E-state index in [4.69, 9.17) is 4.74 Å². The molecule has 6 nitrogen and oxygen atoms in total. The van der Waals surface area contributed by atoms with Crippen molar-refractivity contribution in [1.29, 1.82) is 0 Å². The van der Waals surface area contributed by atoms with E-state index >= 15 is 0 Å². The van der Waals surface area contributed by atoms with Gasteiger partial charge in [0.15, 0.2) is 11.4 Å². The number of amides is 1. The second-order valence-electron chi connectivity index (χ2n) is 4.93. The Balaban J connectivity index is 2.49. The number of nitrogens with zero attached hydrogens (tertiary/aromatic N) is 2. The molecule has 0 fully saturated rings. The minimum Gasteiger partial charge on any atom is -0.494 e. The molecule has 0 aliphatic carbocycles. The molecule has 1 aromatic heterocycles. The molecule has 0 spiro atoms. The van der Waals surface area contributed by atoms with Gasteiger partial charge in [-0.15, -0.1) is 0 Å². The number of para-hydroxylation sites is 1. The summed E-state index contributed by atoms with van der Waals surface area (Å²) >= 11 is 0.